The second-order valence-corrected chi connectivity index (χ2v) is 6.45. The van der Waals surface area contributed by atoms with Crippen molar-refractivity contribution in [3.05, 3.63) is 53.3 Å². The second-order valence-electron chi connectivity index (χ2n) is 6.45. The summed E-state index contributed by atoms with van der Waals surface area (Å²) >= 11 is 0. The Bertz CT molecular complexity index is 1000. The standard InChI is InChI=1S/C21H18FNO7/c1-12(24)15-8-18-19(30-11-29-18)9-16(15)23-20(26)10-28-21(27)7-6-17(25)13-2-4-14(22)5-3-13/h2-5,8-9H,6-7,10-11H2,1H3,(H,23,26). The zero-order valence-electron chi connectivity index (χ0n) is 16.0. The molecule has 0 bridgehead atoms. The number of ketones is 2. The van der Waals surface area contributed by atoms with Crippen molar-refractivity contribution in [1.82, 2.24) is 0 Å². The third kappa shape index (κ3) is 5.19. The first-order valence-electron chi connectivity index (χ1n) is 9.02. The highest BCUT2D eigenvalue weighted by Crippen LogP contribution is 2.37. The molecule has 2 aromatic carbocycles. The Balaban J connectivity index is 1.50. The van der Waals surface area contributed by atoms with Gasteiger partial charge in [-0.15, -0.1) is 0 Å². The van der Waals surface area contributed by atoms with Crippen LogP contribution in [0.3, 0.4) is 0 Å². The van der Waals surface area contributed by atoms with Gasteiger partial charge in [-0.25, -0.2) is 4.39 Å². The Morgan fingerprint density at radius 1 is 1.03 bits per heavy atom. The Kier molecular flexibility index (Phi) is 6.41. The minimum Gasteiger partial charge on any atom is -0.456 e. The van der Waals surface area contributed by atoms with Gasteiger partial charge in [0.1, 0.15) is 5.82 Å². The molecular weight excluding hydrogens is 397 g/mol. The van der Waals surface area contributed by atoms with Crippen LogP contribution in [0.1, 0.15) is 40.5 Å². The minimum absolute atomic E-state index is 0.0122. The zero-order chi connectivity index (χ0) is 21.7. The van der Waals surface area contributed by atoms with E-state index in [1.54, 1.807) is 0 Å². The Morgan fingerprint density at radius 3 is 2.37 bits per heavy atom. The van der Waals surface area contributed by atoms with E-state index in [-0.39, 0.29) is 48.0 Å². The molecule has 0 saturated carbocycles. The van der Waals surface area contributed by atoms with Gasteiger partial charge in [-0.05, 0) is 37.3 Å². The molecule has 0 unspecified atom stereocenters. The van der Waals surface area contributed by atoms with Crippen molar-refractivity contribution in [2.24, 2.45) is 0 Å². The summed E-state index contributed by atoms with van der Waals surface area (Å²) in [6, 6.07) is 7.89. The van der Waals surface area contributed by atoms with Gasteiger partial charge in [0, 0.05) is 23.6 Å². The van der Waals surface area contributed by atoms with Gasteiger partial charge in [0.15, 0.2) is 29.7 Å². The highest BCUT2D eigenvalue weighted by Gasteiger charge is 2.21. The van der Waals surface area contributed by atoms with Crippen LogP contribution in [0.5, 0.6) is 11.5 Å². The van der Waals surface area contributed by atoms with E-state index in [1.807, 2.05) is 0 Å². The Labute approximate surface area is 170 Å². The quantitative estimate of drug-likeness (QED) is 0.522. The third-order valence-corrected chi connectivity index (χ3v) is 4.25. The van der Waals surface area contributed by atoms with Crippen molar-refractivity contribution in [3.8, 4) is 11.5 Å². The zero-order valence-corrected chi connectivity index (χ0v) is 16.0. The lowest BCUT2D eigenvalue weighted by Gasteiger charge is -2.11. The maximum Gasteiger partial charge on any atom is 0.306 e. The first-order valence-corrected chi connectivity index (χ1v) is 9.02. The monoisotopic (exact) mass is 415 g/mol. The summed E-state index contributed by atoms with van der Waals surface area (Å²) < 4.78 is 28.2. The highest BCUT2D eigenvalue weighted by atomic mass is 19.1. The Hall–Kier alpha value is -3.75. The number of rotatable bonds is 8. The van der Waals surface area contributed by atoms with E-state index in [1.165, 1.54) is 31.2 Å². The lowest BCUT2D eigenvalue weighted by molar-refractivity contribution is -0.147. The van der Waals surface area contributed by atoms with Gasteiger partial charge >= 0.3 is 5.97 Å². The average molecular weight is 415 g/mol. The van der Waals surface area contributed by atoms with Gasteiger partial charge in [0.25, 0.3) is 5.91 Å². The van der Waals surface area contributed by atoms with Crippen molar-refractivity contribution in [1.29, 1.82) is 0 Å². The van der Waals surface area contributed by atoms with Gasteiger partial charge in [-0.2, -0.15) is 0 Å². The van der Waals surface area contributed by atoms with Crippen molar-refractivity contribution >= 4 is 29.1 Å². The normalized spacial score (nSPS) is 11.7. The molecule has 1 amide bonds. The van der Waals surface area contributed by atoms with E-state index < -0.39 is 24.3 Å². The smallest absolute Gasteiger partial charge is 0.306 e. The topological polar surface area (TPSA) is 108 Å². The largest absolute Gasteiger partial charge is 0.456 e. The average Bonchev–Trinajstić information content (AvgIpc) is 3.17. The van der Waals surface area contributed by atoms with Gasteiger partial charge in [0.2, 0.25) is 6.79 Å². The molecule has 1 aliphatic heterocycles. The van der Waals surface area contributed by atoms with Crippen LogP contribution in [0.15, 0.2) is 36.4 Å². The van der Waals surface area contributed by atoms with Gasteiger partial charge < -0.3 is 19.5 Å². The number of hydrogen-bond donors (Lipinski definition) is 1. The molecular formula is C21H18FNO7. The van der Waals surface area contributed by atoms with E-state index in [0.29, 0.717) is 11.5 Å². The fourth-order valence-corrected chi connectivity index (χ4v) is 2.74. The van der Waals surface area contributed by atoms with E-state index in [0.717, 1.165) is 12.1 Å². The third-order valence-electron chi connectivity index (χ3n) is 4.25. The summed E-state index contributed by atoms with van der Waals surface area (Å²) in [5, 5.41) is 2.50. The summed E-state index contributed by atoms with van der Waals surface area (Å²) in [7, 11) is 0. The summed E-state index contributed by atoms with van der Waals surface area (Å²) in [6.45, 7) is 0.763. The van der Waals surface area contributed by atoms with Crippen LogP contribution in [0.25, 0.3) is 0 Å². The molecule has 0 atom stereocenters. The molecule has 0 fully saturated rings. The number of carbonyl (C=O) groups is 4. The van der Waals surface area contributed by atoms with Crippen LogP contribution in [-0.2, 0) is 14.3 Å². The lowest BCUT2D eigenvalue weighted by Crippen LogP contribution is -2.22. The minimum atomic E-state index is -0.738. The maximum atomic E-state index is 12.9. The molecule has 156 valence electrons. The molecule has 3 rings (SSSR count). The molecule has 1 heterocycles. The number of fused-ring (bicyclic) bond motifs is 1. The van der Waals surface area contributed by atoms with E-state index >= 15 is 0 Å². The molecule has 0 spiro atoms. The summed E-state index contributed by atoms with van der Waals surface area (Å²) in [6.07, 6.45) is -0.366. The van der Waals surface area contributed by atoms with Crippen molar-refractivity contribution < 1.29 is 37.8 Å². The maximum absolute atomic E-state index is 12.9. The fourth-order valence-electron chi connectivity index (χ4n) is 2.74. The second kappa shape index (κ2) is 9.17. The summed E-state index contributed by atoms with van der Waals surface area (Å²) in [5.41, 5.74) is 0.713. The number of hydrogen-bond acceptors (Lipinski definition) is 7. The number of esters is 1. The predicted octanol–water partition coefficient (Wildman–Crippen LogP) is 2.90. The molecule has 0 aliphatic carbocycles. The van der Waals surface area contributed by atoms with Crippen LogP contribution >= 0.6 is 0 Å². The van der Waals surface area contributed by atoms with Gasteiger partial charge in [-0.1, -0.05) is 0 Å². The Morgan fingerprint density at radius 2 is 1.70 bits per heavy atom. The number of ether oxygens (including phenoxy) is 3. The molecule has 9 heteroatoms. The van der Waals surface area contributed by atoms with Crippen LogP contribution in [0.2, 0.25) is 0 Å². The first kappa shape index (κ1) is 21.0. The number of anilines is 1. The van der Waals surface area contributed by atoms with E-state index in [4.69, 9.17) is 14.2 Å². The molecule has 0 radical (unpaired) electrons. The number of amides is 1. The van der Waals surface area contributed by atoms with Crippen LogP contribution in [0.4, 0.5) is 10.1 Å². The van der Waals surface area contributed by atoms with Crippen LogP contribution < -0.4 is 14.8 Å². The van der Waals surface area contributed by atoms with Gasteiger partial charge in [0.05, 0.1) is 12.1 Å². The summed E-state index contributed by atoms with van der Waals surface area (Å²) in [4.78, 5) is 47.7. The van der Waals surface area contributed by atoms with Crippen molar-refractivity contribution in [2.45, 2.75) is 19.8 Å². The first-order chi connectivity index (χ1) is 14.3. The van der Waals surface area contributed by atoms with Crippen LogP contribution in [0, 0.1) is 5.82 Å². The molecule has 8 nitrogen and oxygen atoms in total. The molecule has 0 aromatic heterocycles. The van der Waals surface area contributed by atoms with Crippen molar-refractivity contribution in [2.75, 3.05) is 18.7 Å². The molecule has 1 N–H and O–H groups in total. The number of carbonyl (C=O) groups excluding carboxylic acids is 4. The SMILES string of the molecule is CC(=O)c1cc2c(cc1NC(=O)COC(=O)CCC(=O)c1ccc(F)cc1)OCO2. The van der Waals surface area contributed by atoms with Crippen molar-refractivity contribution in [3.63, 3.8) is 0 Å². The molecule has 1 aliphatic rings. The highest BCUT2D eigenvalue weighted by molar-refractivity contribution is 6.05. The van der Waals surface area contributed by atoms with Crippen LogP contribution in [-0.4, -0.2) is 36.8 Å². The molecule has 30 heavy (non-hydrogen) atoms. The number of benzene rings is 2. The number of nitrogens with one attached hydrogen (secondary N) is 1. The lowest BCUT2D eigenvalue weighted by atomic mass is 10.1. The number of Topliss-reactive ketones (excluding diaryl/α,β-unsaturated/α-hetero) is 2. The van der Waals surface area contributed by atoms with E-state index in [2.05, 4.69) is 5.32 Å². The number of halogens is 1. The predicted molar refractivity (Wildman–Crippen MR) is 102 cm³/mol. The fraction of sp³-hybridized carbons (Fsp3) is 0.238. The van der Waals surface area contributed by atoms with E-state index in [9.17, 15) is 23.6 Å². The molecule has 0 saturated heterocycles. The molecule has 2 aromatic rings. The van der Waals surface area contributed by atoms with Gasteiger partial charge in [-0.3, -0.25) is 19.2 Å². The summed E-state index contributed by atoms with van der Waals surface area (Å²) in [5.74, 6) is -1.72.